The minimum atomic E-state index is 0.130. The number of thioether (sulfide) groups is 1. The van der Waals surface area contributed by atoms with E-state index in [4.69, 9.17) is 0 Å². The summed E-state index contributed by atoms with van der Waals surface area (Å²) < 4.78 is 1.58. The van der Waals surface area contributed by atoms with Gasteiger partial charge in [-0.15, -0.1) is 5.10 Å². The molecule has 1 amide bonds. The Hall–Kier alpha value is -2.35. The molecule has 0 atom stereocenters. The second kappa shape index (κ2) is 7.49. The molecule has 7 nitrogen and oxygen atoms in total. The van der Waals surface area contributed by atoms with Crippen molar-refractivity contribution in [3.8, 4) is 11.4 Å². The van der Waals surface area contributed by atoms with Crippen molar-refractivity contribution in [2.24, 2.45) is 0 Å². The van der Waals surface area contributed by atoms with Gasteiger partial charge < -0.3 is 10.0 Å². The highest BCUT2D eigenvalue weighted by Gasteiger charge is 2.35. The van der Waals surface area contributed by atoms with Gasteiger partial charge in [0.25, 0.3) is 0 Å². The highest BCUT2D eigenvalue weighted by molar-refractivity contribution is 7.99. The third-order valence-electron chi connectivity index (χ3n) is 4.62. The van der Waals surface area contributed by atoms with Crippen LogP contribution in [0, 0.1) is 0 Å². The number of aromatic nitrogens is 4. The van der Waals surface area contributed by atoms with Gasteiger partial charge in [0.05, 0.1) is 11.4 Å². The maximum Gasteiger partial charge on any atom is 0.237 e. The van der Waals surface area contributed by atoms with Crippen LogP contribution in [0.3, 0.4) is 0 Å². The molecule has 1 N–H and O–H groups in total. The molecule has 2 aliphatic carbocycles. The first-order valence-corrected chi connectivity index (χ1v) is 9.92. The molecule has 0 aliphatic heterocycles. The summed E-state index contributed by atoms with van der Waals surface area (Å²) in [6.45, 7) is 0. The lowest BCUT2D eigenvalue weighted by molar-refractivity contribution is -0.127. The quantitative estimate of drug-likeness (QED) is 0.786. The van der Waals surface area contributed by atoms with Gasteiger partial charge in [0.15, 0.2) is 0 Å². The van der Waals surface area contributed by atoms with E-state index in [1.807, 2.05) is 4.90 Å². The van der Waals surface area contributed by atoms with Crippen LogP contribution in [0.2, 0.25) is 0 Å². The molecule has 1 aromatic carbocycles. The third kappa shape index (κ3) is 3.75. The smallest absolute Gasteiger partial charge is 0.237 e. The highest BCUT2D eigenvalue weighted by atomic mass is 32.2. The van der Waals surface area contributed by atoms with E-state index < -0.39 is 0 Å². The summed E-state index contributed by atoms with van der Waals surface area (Å²) in [5.41, 5.74) is 1.94. The van der Waals surface area contributed by atoms with Crippen molar-refractivity contribution in [2.45, 2.75) is 49.7 Å². The summed E-state index contributed by atoms with van der Waals surface area (Å²) in [6, 6.07) is 7.02. The SMILES string of the molecule is O=C(CSc1nnnn1-c1ccc(O)cc1)N(C1=CCCCC1)C1CC1. The van der Waals surface area contributed by atoms with Crippen LogP contribution in [0.5, 0.6) is 5.75 Å². The Bertz CT molecular complexity index is 813. The standard InChI is InChI=1S/C18H21N5O2S/c24-16-10-8-15(9-11-16)23-18(19-20-21-23)26-12-17(25)22(14-6-7-14)13-4-2-1-3-5-13/h4,8-11,14,24H,1-3,5-7,12H2. The van der Waals surface area contributed by atoms with Crippen LogP contribution in [0.15, 0.2) is 41.2 Å². The lowest BCUT2D eigenvalue weighted by Crippen LogP contribution is -2.34. The fourth-order valence-corrected chi connectivity index (χ4v) is 3.94. The second-order valence-corrected chi connectivity index (χ2v) is 7.56. The van der Waals surface area contributed by atoms with Crippen LogP contribution >= 0.6 is 11.8 Å². The summed E-state index contributed by atoms with van der Waals surface area (Å²) in [7, 11) is 0. The Balaban J connectivity index is 1.45. The summed E-state index contributed by atoms with van der Waals surface area (Å²) in [5, 5.41) is 21.7. The molecule has 1 heterocycles. The van der Waals surface area contributed by atoms with Crippen LogP contribution in [0.4, 0.5) is 0 Å². The molecule has 1 aromatic heterocycles. The van der Waals surface area contributed by atoms with E-state index in [0.717, 1.165) is 37.8 Å². The molecule has 8 heteroatoms. The number of phenolic OH excluding ortho intramolecular Hbond substituents is 1. The molecule has 4 rings (SSSR count). The number of hydrogen-bond acceptors (Lipinski definition) is 6. The number of carbonyl (C=O) groups is 1. The molecule has 2 aliphatic rings. The van der Waals surface area contributed by atoms with Gasteiger partial charge >= 0.3 is 0 Å². The number of tetrazole rings is 1. The first kappa shape index (κ1) is 17.1. The Labute approximate surface area is 156 Å². The molecule has 0 saturated heterocycles. The molecule has 136 valence electrons. The van der Waals surface area contributed by atoms with E-state index in [0.29, 0.717) is 17.0 Å². The van der Waals surface area contributed by atoms with Crippen molar-refractivity contribution in [3.63, 3.8) is 0 Å². The zero-order chi connectivity index (χ0) is 17.9. The number of carbonyl (C=O) groups excluding carboxylic acids is 1. The Morgan fingerprint density at radius 3 is 2.77 bits per heavy atom. The van der Waals surface area contributed by atoms with Crippen molar-refractivity contribution in [1.29, 1.82) is 0 Å². The number of rotatable bonds is 6. The van der Waals surface area contributed by atoms with Crippen LogP contribution in [-0.2, 0) is 4.79 Å². The van der Waals surface area contributed by atoms with Crippen molar-refractivity contribution in [1.82, 2.24) is 25.1 Å². The Morgan fingerprint density at radius 1 is 1.27 bits per heavy atom. The Kier molecular flexibility index (Phi) is 4.92. The molecule has 26 heavy (non-hydrogen) atoms. The number of aromatic hydroxyl groups is 1. The van der Waals surface area contributed by atoms with Crippen LogP contribution in [0.1, 0.15) is 38.5 Å². The average molecular weight is 371 g/mol. The summed E-state index contributed by atoms with van der Waals surface area (Å²) in [4.78, 5) is 14.9. The molecule has 1 saturated carbocycles. The minimum absolute atomic E-state index is 0.130. The van der Waals surface area contributed by atoms with E-state index in [1.165, 1.54) is 23.9 Å². The van der Waals surface area contributed by atoms with E-state index in [1.54, 1.807) is 28.9 Å². The maximum atomic E-state index is 12.9. The van der Waals surface area contributed by atoms with E-state index >= 15 is 0 Å². The molecule has 0 spiro atoms. The number of nitrogens with zero attached hydrogens (tertiary/aromatic N) is 5. The number of amides is 1. The van der Waals surface area contributed by atoms with Crippen molar-refractivity contribution in [2.75, 3.05) is 5.75 Å². The molecule has 1 fully saturated rings. The molecule has 0 bridgehead atoms. The number of allylic oxidation sites excluding steroid dienone is 2. The second-order valence-electron chi connectivity index (χ2n) is 6.61. The lowest BCUT2D eigenvalue weighted by atomic mass is 10.0. The molecular weight excluding hydrogens is 350 g/mol. The topological polar surface area (TPSA) is 84.1 Å². The van der Waals surface area contributed by atoms with Gasteiger partial charge in [-0.05, 0) is 73.2 Å². The van der Waals surface area contributed by atoms with Crippen LogP contribution < -0.4 is 0 Å². The largest absolute Gasteiger partial charge is 0.508 e. The zero-order valence-electron chi connectivity index (χ0n) is 14.4. The first-order valence-electron chi connectivity index (χ1n) is 8.94. The van der Waals surface area contributed by atoms with Crippen molar-refractivity contribution in [3.05, 3.63) is 36.0 Å². The maximum absolute atomic E-state index is 12.9. The Morgan fingerprint density at radius 2 is 2.08 bits per heavy atom. The molecule has 0 unspecified atom stereocenters. The predicted octanol–water partition coefficient (Wildman–Crippen LogP) is 2.91. The molecule has 0 radical (unpaired) electrons. The fraction of sp³-hybridized carbons (Fsp3) is 0.444. The van der Waals surface area contributed by atoms with E-state index in [-0.39, 0.29) is 11.7 Å². The normalized spacial score (nSPS) is 17.0. The predicted molar refractivity (Wildman–Crippen MR) is 98.0 cm³/mol. The van der Waals surface area contributed by atoms with Gasteiger partial charge in [-0.1, -0.05) is 17.8 Å². The van der Waals surface area contributed by atoms with E-state index in [2.05, 4.69) is 21.6 Å². The zero-order valence-corrected chi connectivity index (χ0v) is 15.2. The third-order valence-corrected chi connectivity index (χ3v) is 5.52. The fourth-order valence-electron chi connectivity index (χ4n) is 3.19. The summed E-state index contributed by atoms with van der Waals surface area (Å²) >= 11 is 1.34. The average Bonchev–Trinajstić information content (AvgIpc) is 3.38. The van der Waals surface area contributed by atoms with Gasteiger partial charge in [-0.25, -0.2) is 0 Å². The number of benzene rings is 1. The molecular formula is C18H21N5O2S. The van der Waals surface area contributed by atoms with Crippen molar-refractivity contribution >= 4 is 17.7 Å². The number of phenols is 1. The monoisotopic (exact) mass is 371 g/mol. The molecule has 2 aromatic rings. The number of hydrogen-bond donors (Lipinski definition) is 1. The van der Waals surface area contributed by atoms with Crippen LogP contribution in [0.25, 0.3) is 5.69 Å². The lowest BCUT2D eigenvalue weighted by Gasteiger charge is -2.27. The van der Waals surface area contributed by atoms with Gasteiger partial charge in [0, 0.05) is 11.7 Å². The minimum Gasteiger partial charge on any atom is -0.508 e. The van der Waals surface area contributed by atoms with Gasteiger partial charge in [0.1, 0.15) is 5.75 Å². The van der Waals surface area contributed by atoms with Crippen LogP contribution in [-0.4, -0.2) is 47.9 Å². The summed E-state index contributed by atoms with van der Waals surface area (Å²) in [6.07, 6.45) is 8.86. The highest BCUT2D eigenvalue weighted by Crippen LogP contribution is 2.34. The van der Waals surface area contributed by atoms with E-state index in [9.17, 15) is 9.90 Å². The van der Waals surface area contributed by atoms with Gasteiger partial charge in [0.2, 0.25) is 11.1 Å². The van der Waals surface area contributed by atoms with Gasteiger partial charge in [-0.3, -0.25) is 4.79 Å². The van der Waals surface area contributed by atoms with Crippen molar-refractivity contribution < 1.29 is 9.90 Å². The first-order chi connectivity index (χ1) is 12.7. The van der Waals surface area contributed by atoms with Gasteiger partial charge in [-0.2, -0.15) is 4.68 Å². The summed E-state index contributed by atoms with van der Waals surface area (Å²) in [5.74, 6) is 0.629.